The molecule has 9 nitrogen and oxygen atoms in total. The molecule has 0 spiro atoms. The fourth-order valence-electron chi connectivity index (χ4n) is 2.90. The van der Waals surface area contributed by atoms with Crippen molar-refractivity contribution in [1.82, 2.24) is 10.4 Å². The van der Waals surface area contributed by atoms with E-state index in [2.05, 4.69) is 5.32 Å². The largest absolute Gasteiger partial charge is 0.494 e. The minimum Gasteiger partial charge on any atom is -0.494 e. The summed E-state index contributed by atoms with van der Waals surface area (Å²) in [5, 5.41) is 13.2. The molecule has 2 rings (SSSR count). The molecule has 0 heterocycles. The van der Waals surface area contributed by atoms with Gasteiger partial charge in [-0.05, 0) is 31.5 Å². The molecule has 9 heteroatoms. The van der Waals surface area contributed by atoms with Crippen LogP contribution in [-0.2, 0) is 30.5 Å². The Labute approximate surface area is 193 Å². The first kappa shape index (κ1) is 25.8. The molecule has 0 unspecified atom stereocenters. The zero-order valence-electron chi connectivity index (χ0n) is 18.8. The monoisotopic (exact) mass is 458 g/mol. The number of nitrogens with zero attached hydrogens (tertiary/aromatic N) is 1. The molecular formula is C24H30N2O7. The van der Waals surface area contributed by atoms with E-state index in [4.69, 9.17) is 14.2 Å². The number of hydrogen-bond donors (Lipinski definition) is 2. The maximum Gasteiger partial charge on any atom is 0.328 e. The van der Waals surface area contributed by atoms with Crippen LogP contribution in [0.15, 0.2) is 60.7 Å². The summed E-state index contributed by atoms with van der Waals surface area (Å²) in [5.74, 6) is -1.44. The molecule has 0 radical (unpaired) electrons. The van der Waals surface area contributed by atoms with Crippen molar-refractivity contribution in [2.24, 2.45) is 0 Å². The van der Waals surface area contributed by atoms with Gasteiger partial charge >= 0.3 is 11.9 Å². The lowest BCUT2D eigenvalue weighted by atomic mass is 10.1. The Morgan fingerprint density at radius 1 is 1.00 bits per heavy atom. The van der Waals surface area contributed by atoms with Gasteiger partial charge in [-0.25, -0.2) is 5.06 Å². The zero-order chi connectivity index (χ0) is 24.1. The maximum atomic E-state index is 12.5. The van der Waals surface area contributed by atoms with Crippen molar-refractivity contribution in [3.05, 3.63) is 66.2 Å². The first-order valence-corrected chi connectivity index (χ1v) is 10.7. The average molecular weight is 459 g/mol. The Morgan fingerprint density at radius 3 is 2.27 bits per heavy atom. The van der Waals surface area contributed by atoms with E-state index >= 15 is 0 Å². The Morgan fingerprint density at radius 2 is 1.64 bits per heavy atom. The molecule has 0 aliphatic heterocycles. The number of hydroxylamine groups is 2. The van der Waals surface area contributed by atoms with Crippen molar-refractivity contribution in [1.29, 1.82) is 0 Å². The van der Waals surface area contributed by atoms with Crippen molar-refractivity contribution in [2.75, 3.05) is 19.8 Å². The van der Waals surface area contributed by atoms with Gasteiger partial charge in [-0.3, -0.25) is 24.9 Å². The fourth-order valence-corrected chi connectivity index (χ4v) is 2.90. The molecule has 0 saturated carbocycles. The summed E-state index contributed by atoms with van der Waals surface area (Å²) in [6.45, 7) is 2.93. The summed E-state index contributed by atoms with van der Waals surface area (Å²) in [6, 6.07) is 16.3. The average Bonchev–Trinajstić information content (AvgIpc) is 2.83. The highest BCUT2D eigenvalue weighted by Gasteiger charge is 2.28. The predicted molar refractivity (Wildman–Crippen MR) is 119 cm³/mol. The Hall–Kier alpha value is -3.43. The van der Waals surface area contributed by atoms with E-state index in [0.29, 0.717) is 5.75 Å². The summed E-state index contributed by atoms with van der Waals surface area (Å²) < 4.78 is 15.8. The van der Waals surface area contributed by atoms with Crippen molar-refractivity contribution in [3.8, 4) is 5.75 Å². The topological polar surface area (TPSA) is 114 Å². The van der Waals surface area contributed by atoms with Crippen LogP contribution >= 0.6 is 0 Å². The molecule has 178 valence electrons. The van der Waals surface area contributed by atoms with Crippen LogP contribution in [0.4, 0.5) is 0 Å². The SMILES string of the molecule is CCOC(=O)[C@H](CCOc1ccccc1)N[C@@H](C)C(=O)N(O)CC(=O)OCc1ccccc1. The minimum absolute atomic E-state index is 0.0296. The van der Waals surface area contributed by atoms with Crippen LogP contribution in [0.5, 0.6) is 5.75 Å². The van der Waals surface area contributed by atoms with Crippen molar-refractivity contribution in [3.63, 3.8) is 0 Å². The van der Waals surface area contributed by atoms with Crippen LogP contribution in [0.1, 0.15) is 25.8 Å². The third-order valence-electron chi connectivity index (χ3n) is 4.59. The number of benzene rings is 2. The zero-order valence-corrected chi connectivity index (χ0v) is 18.8. The number of carbonyl (C=O) groups excluding carboxylic acids is 3. The molecule has 33 heavy (non-hydrogen) atoms. The van der Waals surface area contributed by atoms with Crippen LogP contribution in [0.25, 0.3) is 0 Å². The van der Waals surface area contributed by atoms with E-state index in [1.165, 1.54) is 6.92 Å². The summed E-state index contributed by atoms with van der Waals surface area (Å²) in [5.41, 5.74) is 0.784. The maximum absolute atomic E-state index is 12.5. The van der Waals surface area contributed by atoms with Gasteiger partial charge in [0.1, 0.15) is 24.9 Å². The van der Waals surface area contributed by atoms with E-state index < -0.39 is 36.5 Å². The van der Waals surface area contributed by atoms with Crippen molar-refractivity contribution < 1.29 is 33.8 Å². The molecule has 0 bridgehead atoms. The van der Waals surface area contributed by atoms with E-state index in [1.807, 2.05) is 36.4 Å². The third kappa shape index (κ3) is 9.30. The molecule has 2 aromatic rings. The quantitative estimate of drug-likeness (QED) is 0.267. The van der Waals surface area contributed by atoms with Gasteiger partial charge in [0.25, 0.3) is 5.91 Å². The fraction of sp³-hybridized carbons (Fsp3) is 0.375. The lowest BCUT2D eigenvalue weighted by Crippen LogP contribution is -2.51. The van der Waals surface area contributed by atoms with Gasteiger partial charge in [-0.2, -0.15) is 0 Å². The highest BCUT2D eigenvalue weighted by atomic mass is 16.6. The Kier molecular flexibility index (Phi) is 10.9. The van der Waals surface area contributed by atoms with E-state index in [0.717, 1.165) is 5.56 Å². The van der Waals surface area contributed by atoms with Gasteiger partial charge in [0.05, 0.1) is 19.3 Å². The molecule has 2 atom stereocenters. The smallest absolute Gasteiger partial charge is 0.328 e. The van der Waals surface area contributed by atoms with Gasteiger partial charge in [0, 0.05) is 6.42 Å². The number of nitrogens with one attached hydrogen (secondary N) is 1. The van der Waals surface area contributed by atoms with E-state index in [1.54, 1.807) is 31.2 Å². The van der Waals surface area contributed by atoms with Gasteiger partial charge in [-0.15, -0.1) is 0 Å². The summed E-state index contributed by atoms with van der Waals surface area (Å²) in [6.07, 6.45) is 0.232. The second-order valence-electron chi connectivity index (χ2n) is 7.19. The molecule has 2 N–H and O–H groups in total. The highest BCUT2D eigenvalue weighted by Crippen LogP contribution is 2.10. The lowest BCUT2D eigenvalue weighted by Gasteiger charge is -2.24. The molecule has 0 saturated heterocycles. The molecular weight excluding hydrogens is 428 g/mol. The molecule has 0 aliphatic carbocycles. The summed E-state index contributed by atoms with van der Waals surface area (Å²) >= 11 is 0. The molecule has 1 amide bonds. The van der Waals surface area contributed by atoms with Gasteiger partial charge < -0.3 is 14.2 Å². The summed E-state index contributed by atoms with van der Waals surface area (Å²) in [4.78, 5) is 36.8. The number of amides is 1. The lowest BCUT2D eigenvalue weighted by molar-refractivity contribution is -0.178. The van der Waals surface area contributed by atoms with Gasteiger partial charge in [0.15, 0.2) is 0 Å². The number of ether oxygens (including phenoxy) is 3. The van der Waals surface area contributed by atoms with Crippen molar-refractivity contribution in [2.45, 2.75) is 39.0 Å². The molecule has 0 aliphatic rings. The number of esters is 2. The second kappa shape index (κ2) is 13.9. The Bertz CT molecular complexity index is 877. The number of rotatable bonds is 13. The standard InChI is InChI=1S/C24H30N2O7/c1-3-31-24(29)21(14-15-32-20-12-8-5-9-13-20)25-18(2)23(28)26(30)16-22(27)33-17-19-10-6-4-7-11-19/h4-13,18,21,25,30H,3,14-17H2,1-2H3/t18-,21-/m0/s1. The van der Waals surface area contributed by atoms with Gasteiger partial charge in [-0.1, -0.05) is 48.5 Å². The Balaban J connectivity index is 1.84. The minimum atomic E-state index is -0.969. The molecule has 0 aromatic heterocycles. The number of hydrogen-bond acceptors (Lipinski definition) is 8. The molecule has 2 aromatic carbocycles. The first-order valence-electron chi connectivity index (χ1n) is 10.7. The van der Waals surface area contributed by atoms with Gasteiger partial charge in [0.2, 0.25) is 0 Å². The van der Waals surface area contributed by atoms with E-state index in [-0.39, 0.29) is 31.3 Å². The van der Waals surface area contributed by atoms with Crippen LogP contribution in [0.2, 0.25) is 0 Å². The van der Waals surface area contributed by atoms with Crippen LogP contribution < -0.4 is 10.1 Å². The first-order chi connectivity index (χ1) is 15.9. The van der Waals surface area contributed by atoms with Crippen LogP contribution in [0, 0.1) is 0 Å². The van der Waals surface area contributed by atoms with Crippen LogP contribution in [0.3, 0.4) is 0 Å². The number of para-hydroxylation sites is 1. The van der Waals surface area contributed by atoms with Crippen molar-refractivity contribution >= 4 is 17.8 Å². The number of carbonyl (C=O) groups is 3. The molecule has 0 fully saturated rings. The highest BCUT2D eigenvalue weighted by molar-refractivity contribution is 5.85. The normalized spacial score (nSPS) is 12.3. The van der Waals surface area contributed by atoms with E-state index in [9.17, 15) is 19.6 Å². The summed E-state index contributed by atoms with van der Waals surface area (Å²) in [7, 11) is 0. The second-order valence-corrected chi connectivity index (χ2v) is 7.19. The third-order valence-corrected chi connectivity index (χ3v) is 4.59. The predicted octanol–water partition coefficient (Wildman–Crippen LogP) is 2.33. The van der Waals surface area contributed by atoms with Crippen LogP contribution in [-0.4, -0.2) is 60.0 Å².